The van der Waals surface area contributed by atoms with Crippen LogP contribution < -0.4 is 0 Å². The van der Waals surface area contributed by atoms with Gasteiger partial charge in [0.05, 0.1) is 6.20 Å². The monoisotopic (exact) mass is 226 g/mol. The van der Waals surface area contributed by atoms with Crippen molar-refractivity contribution >= 4 is 17.7 Å². The summed E-state index contributed by atoms with van der Waals surface area (Å²) in [4.78, 5) is 13.9. The van der Waals surface area contributed by atoms with Crippen molar-refractivity contribution in [3.05, 3.63) is 11.9 Å². The molecule has 2 atom stereocenters. The summed E-state index contributed by atoms with van der Waals surface area (Å²) in [5.41, 5.74) is 0.404. The van der Waals surface area contributed by atoms with E-state index in [-0.39, 0.29) is 11.9 Å². The van der Waals surface area contributed by atoms with E-state index in [4.69, 9.17) is 0 Å². The zero-order chi connectivity index (χ0) is 10.8. The Balaban J connectivity index is 2.13. The van der Waals surface area contributed by atoms with Gasteiger partial charge < -0.3 is 4.90 Å². The van der Waals surface area contributed by atoms with Gasteiger partial charge in [-0.1, -0.05) is 6.92 Å². The quantitative estimate of drug-likeness (QED) is 0.768. The third kappa shape index (κ3) is 1.99. The minimum Gasteiger partial charge on any atom is -0.333 e. The predicted molar refractivity (Wildman–Crippen MR) is 58.8 cm³/mol. The maximum atomic E-state index is 12.0. The maximum absolute atomic E-state index is 12.0. The number of nitrogens with zero attached hydrogens (tertiary/aromatic N) is 3. The van der Waals surface area contributed by atoms with Gasteiger partial charge in [-0.25, -0.2) is 0 Å². The molecule has 0 radical (unpaired) electrons. The largest absolute Gasteiger partial charge is 0.333 e. The zero-order valence-electron chi connectivity index (χ0n) is 8.80. The maximum Gasteiger partial charge on any atom is 0.276 e. The van der Waals surface area contributed by atoms with Crippen LogP contribution in [0.4, 0.5) is 0 Å². The highest BCUT2D eigenvalue weighted by Crippen LogP contribution is 2.24. The summed E-state index contributed by atoms with van der Waals surface area (Å²) in [7, 11) is 0. The smallest absolute Gasteiger partial charge is 0.276 e. The first kappa shape index (κ1) is 10.5. The number of carbonyl (C=O) groups is 1. The third-order valence-electron chi connectivity index (χ3n) is 2.78. The molecule has 0 spiro atoms. The molecule has 1 aromatic heterocycles. The van der Waals surface area contributed by atoms with Crippen LogP contribution in [0.3, 0.4) is 0 Å². The number of hydrogen-bond acceptors (Lipinski definition) is 4. The highest BCUT2D eigenvalue weighted by atomic mass is 32.2. The lowest BCUT2D eigenvalue weighted by atomic mass is 10.2. The van der Waals surface area contributed by atoms with Crippen molar-refractivity contribution in [2.24, 2.45) is 0 Å². The Labute approximate surface area is 92.6 Å². The molecular formula is C9H14N4OS. The molecule has 1 saturated heterocycles. The van der Waals surface area contributed by atoms with Crippen LogP contribution in [0.2, 0.25) is 0 Å². The summed E-state index contributed by atoms with van der Waals surface area (Å²) in [6.07, 6.45) is 1.47. The molecule has 1 N–H and O–H groups in total. The second-order valence-electron chi connectivity index (χ2n) is 3.67. The molecule has 82 valence electrons. The molecule has 2 heterocycles. The van der Waals surface area contributed by atoms with Crippen LogP contribution in [0.1, 0.15) is 24.3 Å². The number of rotatable bonds is 1. The molecule has 1 fully saturated rings. The number of aromatic nitrogens is 3. The standard InChI is InChI=1S/C9H14N4OS/c1-6-7(2)15-4-3-13(6)9(14)8-5-10-12-11-8/h5-7H,3-4H2,1-2H3,(H,10,11,12). The van der Waals surface area contributed by atoms with Crippen molar-refractivity contribution in [3.63, 3.8) is 0 Å². The minimum atomic E-state index is -0.0246. The molecule has 0 aliphatic carbocycles. The Morgan fingerprint density at radius 1 is 1.67 bits per heavy atom. The van der Waals surface area contributed by atoms with Gasteiger partial charge in [0, 0.05) is 23.6 Å². The molecule has 0 saturated carbocycles. The lowest BCUT2D eigenvalue weighted by Crippen LogP contribution is -2.48. The number of amides is 1. The Kier molecular flexibility index (Phi) is 2.95. The predicted octanol–water partition coefficient (Wildman–Crippen LogP) is 0.771. The van der Waals surface area contributed by atoms with Crippen LogP contribution in [-0.4, -0.2) is 49.8 Å². The van der Waals surface area contributed by atoms with Crippen molar-refractivity contribution in [1.82, 2.24) is 20.3 Å². The molecular weight excluding hydrogens is 212 g/mol. The summed E-state index contributed by atoms with van der Waals surface area (Å²) < 4.78 is 0. The van der Waals surface area contributed by atoms with E-state index in [2.05, 4.69) is 29.3 Å². The molecule has 1 amide bonds. The van der Waals surface area contributed by atoms with Crippen LogP contribution >= 0.6 is 11.8 Å². The second kappa shape index (κ2) is 4.22. The van der Waals surface area contributed by atoms with Gasteiger partial charge in [-0.2, -0.15) is 27.2 Å². The highest BCUT2D eigenvalue weighted by Gasteiger charge is 2.30. The summed E-state index contributed by atoms with van der Waals surface area (Å²) in [6.45, 7) is 5.02. The molecule has 15 heavy (non-hydrogen) atoms. The van der Waals surface area contributed by atoms with E-state index in [1.165, 1.54) is 6.20 Å². The van der Waals surface area contributed by atoms with Crippen LogP contribution in [0.5, 0.6) is 0 Å². The average molecular weight is 226 g/mol. The van der Waals surface area contributed by atoms with Gasteiger partial charge in [-0.05, 0) is 6.92 Å². The third-order valence-corrected chi connectivity index (χ3v) is 4.12. The van der Waals surface area contributed by atoms with Crippen molar-refractivity contribution < 1.29 is 4.79 Å². The van der Waals surface area contributed by atoms with E-state index < -0.39 is 0 Å². The van der Waals surface area contributed by atoms with Gasteiger partial charge in [0.2, 0.25) is 0 Å². The van der Waals surface area contributed by atoms with Crippen molar-refractivity contribution in [3.8, 4) is 0 Å². The SMILES string of the molecule is CC1SCCN(C(=O)c2cn[nH]n2)C1C. The molecule has 2 unspecified atom stereocenters. The van der Waals surface area contributed by atoms with E-state index in [0.29, 0.717) is 10.9 Å². The molecule has 0 bridgehead atoms. The summed E-state index contributed by atoms with van der Waals surface area (Å²) in [6, 6.07) is 0.257. The Bertz CT molecular complexity index is 340. The average Bonchev–Trinajstić information content (AvgIpc) is 2.74. The van der Waals surface area contributed by atoms with Crippen molar-refractivity contribution in [2.75, 3.05) is 12.3 Å². The van der Waals surface area contributed by atoms with E-state index in [0.717, 1.165) is 12.3 Å². The van der Waals surface area contributed by atoms with Gasteiger partial charge in [0.25, 0.3) is 5.91 Å². The molecule has 1 aliphatic rings. The molecule has 1 aliphatic heterocycles. The first-order valence-electron chi connectivity index (χ1n) is 4.98. The summed E-state index contributed by atoms with van der Waals surface area (Å²) >= 11 is 1.91. The van der Waals surface area contributed by atoms with Crippen LogP contribution in [0.15, 0.2) is 6.20 Å². The summed E-state index contributed by atoms with van der Waals surface area (Å²) in [5.74, 6) is 0.971. The lowest BCUT2D eigenvalue weighted by molar-refractivity contribution is 0.0692. The number of aromatic amines is 1. The number of carbonyl (C=O) groups excluding carboxylic acids is 1. The fourth-order valence-electron chi connectivity index (χ4n) is 1.67. The van der Waals surface area contributed by atoms with Crippen LogP contribution in [-0.2, 0) is 0 Å². The van der Waals surface area contributed by atoms with Gasteiger partial charge in [0.1, 0.15) is 0 Å². The molecule has 0 aromatic carbocycles. The van der Waals surface area contributed by atoms with E-state index in [9.17, 15) is 4.79 Å². The first-order valence-corrected chi connectivity index (χ1v) is 6.03. The van der Waals surface area contributed by atoms with E-state index in [1.807, 2.05) is 16.7 Å². The molecule has 2 rings (SSSR count). The molecule has 1 aromatic rings. The minimum absolute atomic E-state index is 0.0246. The van der Waals surface area contributed by atoms with Crippen LogP contribution in [0.25, 0.3) is 0 Å². The zero-order valence-corrected chi connectivity index (χ0v) is 9.62. The molecule has 6 heteroatoms. The van der Waals surface area contributed by atoms with Gasteiger partial charge in [0.15, 0.2) is 5.69 Å². The second-order valence-corrected chi connectivity index (χ2v) is 5.16. The van der Waals surface area contributed by atoms with Gasteiger partial charge in [-0.15, -0.1) is 0 Å². The number of H-pyrrole nitrogens is 1. The normalized spacial score (nSPS) is 26.7. The van der Waals surface area contributed by atoms with E-state index >= 15 is 0 Å². The van der Waals surface area contributed by atoms with Crippen molar-refractivity contribution in [2.45, 2.75) is 25.1 Å². The summed E-state index contributed by atoms with van der Waals surface area (Å²) in [5, 5.41) is 10.4. The Hall–Kier alpha value is -1.04. The highest BCUT2D eigenvalue weighted by molar-refractivity contribution is 8.00. The van der Waals surface area contributed by atoms with Gasteiger partial charge >= 0.3 is 0 Å². The fraction of sp³-hybridized carbons (Fsp3) is 0.667. The number of nitrogens with one attached hydrogen (secondary N) is 1. The topological polar surface area (TPSA) is 61.9 Å². The fourth-order valence-corrected chi connectivity index (χ4v) is 2.77. The Morgan fingerprint density at radius 3 is 3.13 bits per heavy atom. The number of hydrogen-bond donors (Lipinski definition) is 1. The Morgan fingerprint density at radius 2 is 2.47 bits per heavy atom. The first-order chi connectivity index (χ1) is 7.20. The van der Waals surface area contributed by atoms with E-state index in [1.54, 1.807) is 0 Å². The van der Waals surface area contributed by atoms with Crippen LogP contribution in [0, 0.1) is 0 Å². The molecule has 5 nitrogen and oxygen atoms in total. The van der Waals surface area contributed by atoms with Gasteiger partial charge in [-0.3, -0.25) is 4.79 Å². The van der Waals surface area contributed by atoms with Crippen molar-refractivity contribution in [1.29, 1.82) is 0 Å². The number of thioether (sulfide) groups is 1. The lowest BCUT2D eigenvalue weighted by Gasteiger charge is -2.36.